The lowest BCUT2D eigenvalue weighted by Crippen LogP contribution is -2.60. The Morgan fingerprint density at radius 1 is 1.19 bits per heavy atom. The summed E-state index contributed by atoms with van der Waals surface area (Å²) >= 11 is 0. The molecule has 2 aliphatic carbocycles. The quantitative estimate of drug-likeness (QED) is 0.912. The van der Waals surface area contributed by atoms with Crippen molar-refractivity contribution in [3.63, 3.8) is 0 Å². The number of rotatable bonds is 3. The molecular formula is C19H28N2. The maximum atomic E-state index is 3.94. The van der Waals surface area contributed by atoms with Crippen molar-refractivity contribution < 1.29 is 0 Å². The summed E-state index contributed by atoms with van der Waals surface area (Å²) in [5, 5.41) is 3.94. The monoisotopic (exact) mass is 284 g/mol. The highest BCUT2D eigenvalue weighted by molar-refractivity contribution is 5.21. The zero-order valence-corrected chi connectivity index (χ0v) is 13.2. The van der Waals surface area contributed by atoms with Crippen molar-refractivity contribution >= 4 is 0 Å². The molecule has 3 fully saturated rings. The zero-order valence-electron chi connectivity index (χ0n) is 13.2. The van der Waals surface area contributed by atoms with Crippen LogP contribution in [0.3, 0.4) is 0 Å². The number of benzene rings is 1. The average molecular weight is 284 g/mol. The first-order valence-electron chi connectivity index (χ1n) is 8.80. The molecular weight excluding hydrogens is 256 g/mol. The maximum Gasteiger partial charge on any atom is 0.0473 e. The smallest absolute Gasteiger partial charge is 0.0473 e. The van der Waals surface area contributed by atoms with Crippen LogP contribution >= 0.6 is 0 Å². The largest absolute Gasteiger partial charge is 0.308 e. The summed E-state index contributed by atoms with van der Waals surface area (Å²) in [6.45, 7) is 6.11. The third-order valence-electron chi connectivity index (χ3n) is 6.11. The van der Waals surface area contributed by atoms with E-state index in [1.54, 1.807) is 0 Å². The van der Waals surface area contributed by atoms with Gasteiger partial charge in [-0.25, -0.2) is 0 Å². The molecule has 4 rings (SSSR count). The Morgan fingerprint density at radius 3 is 2.57 bits per heavy atom. The number of nitrogens with one attached hydrogen (secondary N) is 1. The van der Waals surface area contributed by atoms with Crippen LogP contribution in [0.1, 0.15) is 50.6 Å². The van der Waals surface area contributed by atoms with Crippen LogP contribution in [0.15, 0.2) is 30.3 Å². The molecule has 0 bridgehead atoms. The molecule has 1 aromatic carbocycles. The van der Waals surface area contributed by atoms with Gasteiger partial charge in [0.05, 0.1) is 0 Å². The molecule has 1 heterocycles. The van der Waals surface area contributed by atoms with Gasteiger partial charge in [0.25, 0.3) is 0 Å². The summed E-state index contributed by atoms with van der Waals surface area (Å²) in [5.41, 5.74) is 1.93. The first kappa shape index (κ1) is 13.8. The Labute approximate surface area is 128 Å². The van der Waals surface area contributed by atoms with E-state index in [2.05, 4.69) is 47.5 Å². The van der Waals surface area contributed by atoms with Gasteiger partial charge in [0.1, 0.15) is 0 Å². The van der Waals surface area contributed by atoms with Gasteiger partial charge in [-0.05, 0) is 36.7 Å². The van der Waals surface area contributed by atoms with E-state index >= 15 is 0 Å². The highest BCUT2D eigenvalue weighted by atomic mass is 15.3. The Balaban J connectivity index is 1.54. The minimum absolute atomic E-state index is 0.434. The maximum absolute atomic E-state index is 3.94. The topological polar surface area (TPSA) is 15.3 Å². The molecule has 0 radical (unpaired) electrons. The molecule has 3 unspecified atom stereocenters. The van der Waals surface area contributed by atoms with Gasteiger partial charge in [-0.3, -0.25) is 4.90 Å². The molecule has 114 valence electrons. The van der Waals surface area contributed by atoms with Gasteiger partial charge in [-0.15, -0.1) is 0 Å². The van der Waals surface area contributed by atoms with Gasteiger partial charge in [0, 0.05) is 31.2 Å². The number of hydrogen-bond acceptors (Lipinski definition) is 2. The van der Waals surface area contributed by atoms with E-state index in [0.717, 1.165) is 18.4 Å². The summed E-state index contributed by atoms with van der Waals surface area (Å²) in [6.07, 6.45) is 7.03. The van der Waals surface area contributed by atoms with E-state index in [4.69, 9.17) is 0 Å². The van der Waals surface area contributed by atoms with Crippen LogP contribution in [-0.2, 0) is 0 Å². The normalized spacial score (nSPS) is 35.2. The Kier molecular flexibility index (Phi) is 3.55. The molecule has 21 heavy (non-hydrogen) atoms. The minimum atomic E-state index is 0.434. The third-order valence-corrected chi connectivity index (χ3v) is 6.11. The van der Waals surface area contributed by atoms with Crippen molar-refractivity contribution in [3.8, 4) is 0 Å². The summed E-state index contributed by atoms with van der Waals surface area (Å²) in [6, 6.07) is 11.7. The van der Waals surface area contributed by atoms with Crippen LogP contribution in [0.5, 0.6) is 0 Å². The Bertz CT molecular complexity index is 478. The minimum Gasteiger partial charge on any atom is -0.308 e. The first-order chi connectivity index (χ1) is 10.3. The van der Waals surface area contributed by atoms with Gasteiger partial charge in [0.15, 0.2) is 0 Å². The van der Waals surface area contributed by atoms with Gasteiger partial charge in [0.2, 0.25) is 0 Å². The summed E-state index contributed by atoms with van der Waals surface area (Å²) in [4.78, 5) is 2.81. The summed E-state index contributed by atoms with van der Waals surface area (Å²) < 4.78 is 0. The molecule has 2 heteroatoms. The van der Waals surface area contributed by atoms with Crippen molar-refractivity contribution in [2.45, 2.75) is 50.6 Å². The predicted octanol–water partition coefficient (Wildman–Crippen LogP) is 3.60. The van der Waals surface area contributed by atoms with Crippen molar-refractivity contribution in [1.82, 2.24) is 10.2 Å². The fraction of sp³-hybridized carbons (Fsp3) is 0.684. The lowest BCUT2D eigenvalue weighted by molar-refractivity contribution is 0.0748. The fourth-order valence-electron chi connectivity index (χ4n) is 4.53. The van der Waals surface area contributed by atoms with Crippen molar-refractivity contribution in [3.05, 3.63) is 35.9 Å². The van der Waals surface area contributed by atoms with Crippen LogP contribution < -0.4 is 5.32 Å². The van der Waals surface area contributed by atoms with Gasteiger partial charge >= 0.3 is 0 Å². The Morgan fingerprint density at radius 2 is 1.90 bits per heavy atom. The van der Waals surface area contributed by atoms with E-state index < -0.39 is 0 Å². The third kappa shape index (κ3) is 2.76. The molecule has 1 aliphatic heterocycles. The SMILES string of the molecule is CC1CC1CN1CC2(CCCC2)NCC1c1ccccc1. The lowest BCUT2D eigenvalue weighted by Gasteiger charge is -2.47. The van der Waals surface area contributed by atoms with E-state index in [1.165, 1.54) is 50.8 Å². The Hall–Kier alpha value is -0.860. The molecule has 3 aliphatic rings. The van der Waals surface area contributed by atoms with Gasteiger partial charge in [-0.2, -0.15) is 0 Å². The number of hydrogen-bond donors (Lipinski definition) is 1. The lowest BCUT2D eigenvalue weighted by atomic mass is 9.90. The highest BCUT2D eigenvalue weighted by Crippen LogP contribution is 2.42. The standard InChI is InChI=1S/C19H28N2/c1-15-11-17(15)13-21-14-19(9-5-6-10-19)20-12-18(21)16-7-3-2-4-8-16/h2-4,7-8,15,17-18,20H,5-6,9-14H2,1H3. The first-order valence-corrected chi connectivity index (χ1v) is 8.80. The second-order valence-corrected chi connectivity index (χ2v) is 7.70. The van der Waals surface area contributed by atoms with Crippen molar-refractivity contribution in [2.75, 3.05) is 19.6 Å². The predicted molar refractivity (Wildman–Crippen MR) is 87.2 cm³/mol. The average Bonchev–Trinajstić information content (AvgIpc) is 3.01. The molecule has 1 saturated heterocycles. The second kappa shape index (κ2) is 5.40. The van der Waals surface area contributed by atoms with Gasteiger partial charge < -0.3 is 5.32 Å². The number of nitrogens with zero attached hydrogens (tertiary/aromatic N) is 1. The zero-order chi connectivity index (χ0) is 14.3. The molecule has 2 saturated carbocycles. The summed E-state index contributed by atoms with van der Waals surface area (Å²) in [7, 11) is 0. The van der Waals surface area contributed by atoms with Crippen LogP contribution in [0.2, 0.25) is 0 Å². The van der Waals surface area contributed by atoms with Crippen LogP contribution in [0, 0.1) is 11.8 Å². The molecule has 1 spiro atoms. The fourth-order valence-corrected chi connectivity index (χ4v) is 4.53. The molecule has 3 atom stereocenters. The number of piperazine rings is 1. The molecule has 1 N–H and O–H groups in total. The van der Waals surface area contributed by atoms with Crippen LogP contribution in [-0.4, -0.2) is 30.1 Å². The van der Waals surface area contributed by atoms with E-state index in [1.807, 2.05) is 0 Å². The van der Waals surface area contributed by atoms with E-state index in [9.17, 15) is 0 Å². The van der Waals surface area contributed by atoms with Crippen molar-refractivity contribution in [2.24, 2.45) is 11.8 Å². The second-order valence-electron chi connectivity index (χ2n) is 7.70. The molecule has 2 nitrogen and oxygen atoms in total. The molecule has 1 aromatic rings. The molecule has 0 aromatic heterocycles. The molecule has 0 amide bonds. The van der Waals surface area contributed by atoms with Crippen LogP contribution in [0.4, 0.5) is 0 Å². The van der Waals surface area contributed by atoms with E-state index in [0.29, 0.717) is 11.6 Å². The van der Waals surface area contributed by atoms with Crippen LogP contribution in [0.25, 0.3) is 0 Å². The van der Waals surface area contributed by atoms with Crippen molar-refractivity contribution in [1.29, 1.82) is 0 Å². The summed E-state index contributed by atoms with van der Waals surface area (Å²) in [5.74, 6) is 1.91. The van der Waals surface area contributed by atoms with E-state index in [-0.39, 0.29) is 0 Å². The highest BCUT2D eigenvalue weighted by Gasteiger charge is 2.44. The van der Waals surface area contributed by atoms with Gasteiger partial charge in [-0.1, -0.05) is 50.1 Å².